The van der Waals surface area contributed by atoms with Crippen molar-refractivity contribution in [2.45, 2.75) is 13.0 Å². The van der Waals surface area contributed by atoms with Crippen LogP contribution in [0.4, 0.5) is 4.39 Å². The number of hydrogen-bond donors (Lipinski definition) is 3. The van der Waals surface area contributed by atoms with Crippen LogP contribution in [0.2, 0.25) is 0 Å². The average Bonchev–Trinajstić information content (AvgIpc) is 2.31. The first-order chi connectivity index (χ1) is 8.90. The molecule has 0 heterocycles. The minimum absolute atomic E-state index is 0.0341. The van der Waals surface area contributed by atoms with E-state index in [9.17, 15) is 14.0 Å². The molecular weight excluding hydrogens is 321 g/mol. The van der Waals surface area contributed by atoms with Crippen LogP contribution in [-0.2, 0) is 16.1 Å². The molecule has 0 aliphatic heterocycles. The highest BCUT2D eigenvalue weighted by atomic mass is 79.9. The Hall–Kier alpha value is -1.47. The minimum atomic E-state index is -1.19. The summed E-state index contributed by atoms with van der Waals surface area (Å²) >= 11 is 3.21. The molecule has 1 aromatic carbocycles. The van der Waals surface area contributed by atoms with E-state index < -0.39 is 30.1 Å². The molecule has 104 valence electrons. The monoisotopic (exact) mass is 333 g/mol. The lowest BCUT2D eigenvalue weighted by molar-refractivity contribution is -0.148. The Kier molecular flexibility index (Phi) is 5.91. The number of carboxylic acids is 2. The number of carbonyl (C=O) groups is 2. The van der Waals surface area contributed by atoms with Gasteiger partial charge in [0, 0.05) is 23.1 Å². The van der Waals surface area contributed by atoms with Crippen molar-refractivity contribution < 1.29 is 24.2 Å². The summed E-state index contributed by atoms with van der Waals surface area (Å²) in [4.78, 5) is 21.3. The predicted molar refractivity (Wildman–Crippen MR) is 69.2 cm³/mol. The van der Waals surface area contributed by atoms with Crippen LogP contribution in [0.3, 0.4) is 0 Å². The standard InChI is InChI=1S/C12H13BrFNO4/c13-9-1-2-10(14)7(3-9)5-15-6-8(12(18)19)4-11(16)17/h1-3,8,15H,4-6H2,(H,16,17)(H,18,19). The summed E-state index contributed by atoms with van der Waals surface area (Å²) < 4.78 is 14.1. The smallest absolute Gasteiger partial charge is 0.308 e. The molecule has 0 amide bonds. The number of carboxylic acid groups (broad SMARTS) is 2. The van der Waals surface area contributed by atoms with Crippen LogP contribution in [0.1, 0.15) is 12.0 Å². The molecule has 1 aromatic rings. The van der Waals surface area contributed by atoms with E-state index in [1.54, 1.807) is 12.1 Å². The van der Waals surface area contributed by atoms with Gasteiger partial charge in [-0.3, -0.25) is 9.59 Å². The summed E-state index contributed by atoms with van der Waals surface area (Å²) in [5, 5.41) is 20.2. The van der Waals surface area contributed by atoms with Crippen molar-refractivity contribution >= 4 is 27.9 Å². The van der Waals surface area contributed by atoms with Gasteiger partial charge in [-0.2, -0.15) is 0 Å². The minimum Gasteiger partial charge on any atom is -0.481 e. The molecule has 7 heteroatoms. The first-order valence-electron chi connectivity index (χ1n) is 5.49. The Balaban J connectivity index is 2.54. The lowest BCUT2D eigenvalue weighted by atomic mass is 10.1. The van der Waals surface area contributed by atoms with Crippen LogP contribution < -0.4 is 5.32 Å². The molecule has 19 heavy (non-hydrogen) atoms. The molecule has 0 saturated heterocycles. The van der Waals surface area contributed by atoms with Gasteiger partial charge in [-0.1, -0.05) is 15.9 Å². The summed E-state index contributed by atoms with van der Waals surface area (Å²) in [7, 11) is 0. The molecule has 3 N–H and O–H groups in total. The normalized spacial score (nSPS) is 12.1. The Morgan fingerprint density at radius 2 is 2.05 bits per heavy atom. The third kappa shape index (κ3) is 5.35. The van der Waals surface area contributed by atoms with Crippen molar-refractivity contribution in [1.82, 2.24) is 5.32 Å². The lowest BCUT2D eigenvalue weighted by Crippen LogP contribution is -2.30. The molecule has 5 nitrogen and oxygen atoms in total. The molecule has 1 atom stereocenters. The van der Waals surface area contributed by atoms with Gasteiger partial charge >= 0.3 is 11.9 Å². The summed E-state index contributed by atoms with van der Waals surface area (Å²) in [6.45, 7) is 0.0995. The lowest BCUT2D eigenvalue weighted by Gasteiger charge is -2.11. The largest absolute Gasteiger partial charge is 0.481 e. The highest BCUT2D eigenvalue weighted by Gasteiger charge is 2.20. The van der Waals surface area contributed by atoms with Gasteiger partial charge in [-0.25, -0.2) is 4.39 Å². The van der Waals surface area contributed by atoms with Crippen molar-refractivity contribution in [3.05, 3.63) is 34.1 Å². The van der Waals surface area contributed by atoms with E-state index >= 15 is 0 Å². The fourth-order valence-electron chi connectivity index (χ4n) is 1.52. The zero-order chi connectivity index (χ0) is 14.4. The molecule has 0 bridgehead atoms. The molecule has 0 aliphatic carbocycles. The van der Waals surface area contributed by atoms with E-state index in [0.29, 0.717) is 10.0 Å². The van der Waals surface area contributed by atoms with E-state index in [1.807, 2.05) is 0 Å². The summed E-state index contributed by atoms with van der Waals surface area (Å²) in [6.07, 6.45) is -0.469. The third-order valence-electron chi connectivity index (χ3n) is 2.48. The zero-order valence-corrected chi connectivity index (χ0v) is 11.5. The van der Waals surface area contributed by atoms with Crippen LogP contribution in [0.15, 0.2) is 22.7 Å². The first kappa shape index (κ1) is 15.6. The van der Waals surface area contributed by atoms with Crippen LogP contribution in [0.25, 0.3) is 0 Å². The number of nitrogens with one attached hydrogen (secondary N) is 1. The highest BCUT2D eigenvalue weighted by molar-refractivity contribution is 9.10. The third-order valence-corrected chi connectivity index (χ3v) is 2.98. The fraction of sp³-hybridized carbons (Fsp3) is 0.333. The van der Waals surface area contributed by atoms with Gasteiger partial charge in [0.1, 0.15) is 5.82 Å². The van der Waals surface area contributed by atoms with E-state index in [1.165, 1.54) is 6.07 Å². The van der Waals surface area contributed by atoms with Crippen molar-refractivity contribution in [2.24, 2.45) is 5.92 Å². The van der Waals surface area contributed by atoms with Gasteiger partial charge in [0.25, 0.3) is 0 Å². The molecule has 1 unspecified atom stereocenters. The molecule has 0 aromatic heterocycles. The van der Waals surface area contributed by atoms with Gasteiger partial charge in [-0.05, 0) is 18.2 Å². The number of aliphatic carboxylic acids is 2. The number of halogens is 2. The summed E-state index contributed by atoms with van der Waals surface area (Å²) in [5.74, 6) is -3.80. The maximum absolute atomic E-state index is 13.4. The Labute approximate surface area is 117 Å². The average molecular weight is 334 g/mol. The van der Waals surface area contributed by atoms with E-state index in [0.717, 1.165) is 0 Å². The van der Waals surface area contributed by atoms with E-state index in [4.69, 9.17) is 10.2 Å². The van der Waals surface area contributed by atoms with Crippen molar-refractivity contribution in [3.63, 3.8) is 0 Å². The quantitative estimate of drug-likeness (QED) is 0.708. The van der Waals surface area contributed by atoms with Crippen LogP contribution >= 0.6 is 15.9 Å². The number of rotatable bonds is 7. The van der Waals surface area contributed by atoms with Gasteiger partial charge < -0.3 is 15.5 Å². The van der Waals surface area contributed by atoms with Crippen molar-refractivity contribution in [2.75, 3.05) is 6.54 Å². The second-order valence-electron chi connectivity index (χ2n) is 4.00. The molecule has 0 aliphatic rings. The molecule has 0 saturated carbocycles. The maximum atomic E-state index is 13.4. The number of benzene rings is 1. The number of hydrogen-bond acceptors (Lipinski definition) is 3. The maximum Gasteiger partial charge on any atom is 0.308 e. The Bertz CT molecular complexity index is 481. The second-order valence-corrected chi connectivity index (χ2v) is 4.92. The Morgan fingerprint density at radius 3 is 2.63 bits per heavy atom. The topological polar surface area (TPSA) is 86.6 Å². The van der Waals surface area contributed by atoms with E-state index in [2.05, 4.69) is 21.2 Å². The Morgan fingerprint density at radius 1 is 1.37 bits per heavy atom. The van der Waals surface area contributed by atoms with Crippen molar-refractivity contribution in [3.8, 4) is 0 Å². The van der Waals surface area contributed by atoms with Gasteiger partial charge in [0.15, 0.2) is 0 Å². The zero-order valence-electron chi connectivity index (χ0n) is 9.90. The predicted octanol–water partition coefficient (Wildman–Crippen LogP) is 1.85. The fourth-order valence-corrected chi connectivity index (χ4v) is 1.93. The summed E-state index contributed by atoms with van der Waals surface area (Å²) in [5.41, 5.74) is 0.383. The SMILES string of the molecule is O=C(O)CC(CNCc1cc(Br)ccc1F)C(=O)O. The van der Waals surface area contributed by atoms with Crippen LogP contribution in [-0.4, -0.2) is 28.7 Å². The van der Waals surface area contributed by atoms with Crippen LogP contribution in [0.5, 0.6) is 0 Å². The highest BCUT2D eigenvalue weighted by Crippen LogP contribution is 2.15. The second kappa shape index (κ2) is 7.20. The van der Waals surface area contributed by atoms with E-state index in [-0.39, 0.29) is 13.1 Å². The van der Waals surface area contributed by atoms with Crippen molar-refractivity contribution in [1.29, 1.82) is 0 Å². The van der Waals surface area contributed by atoms with Crippen LogP contribution in [0, 0.1) is 11.7 Å². The van der Waals surface area contributed by atoms with Gasteiger partial charge in [-0.15, -0.1) is 0 Å². The molecule has 0 fully saturated rings. The molecule has 1 rings (SSSR count). The molecular formula is C12H13BrFNO4. The van der Waals surface area contributed by atoms with Gasteiger partial charge in [0.2, 0.25) is 0 Å². The molecule has 0 radical (unpaired) electrons. The first-order valence-corrected chi connectivity index (χ1v) is 6.28. The van der Waals surface area contributed by atoms with Gasteiger partial charge in [0.05, 0.1) is 12.3 Å². The summed E-state index contributed by atoms with van der Waals surface area (Å²) in [6, 6.07) is 4.44. The molecule has 0 spiro atoms.